The largest absolute Gasteiger partial charge is 0.390 e. The molecule has 1 heteroatoms. The molecule has 94 valence electrons. The van der Waals surface area contributed by atoms with Crippen molar-refractivity contribution in [3.63, 3.8) is 0 Å². The van der Waals surface area contributed by atoms with Crippen LogP contribution in [0.5, 0.6) is 0 Å². The smallest absolute Gasteiger partial charge is 0.0678 e. The summed E-state index contributed by atoms with van der Waals surface area (Å²) in [5.74, 6) is 2.98. The molecule has 2 aliphatic rings. The minimum Gasteiger partial charge on any atom is -0.390 e. The first-order valence-corrected chi connectivity index (χ1v) is 7.23. The van der Waals surface area contributed by atoms with E-state index in [1.807, 2.05) is 0 Å². The number of hydrogen-bond acceptors (Lipinski definition) is 1. The summed E-state index contributed by atoms with van der Waals surface area (Å²) < 4.78 is 0. The lowest BCUT2D eigenvalue weighted by molar-refractivity contribution is -0.0840. The second-order valence-corrected chi connectivity index (χ2v) is 6.77. The van der Waals surface area contributed by atoms with Gasteiger partial charge in [-0.3, -0.25) is 0 Å². The van der Waals surface area contributed by atoms with E-state index in [-0.39, 0.29) is 5.60 Å². The zero-order valence-corrected chi connectivity index (χ0v) is 11.2. The highest BCUT2D eigenvalue weighted by Gasteiger charge is 2.42. The van der Waals surface area contributed by atoms with Crippen molar-refractivity contribution in [1.82, 2.24) is 0 Å². The van der Waals surface area contributed by atoms with E-state index in [4.69, 9.17) is 0 Å². The van der Waals surface area contributed by atoms with Crippen LogP contribution in [-0.4, -0.2) is 10.7 Å². The molecule has 0 bridgehead atoms. The summed E-state index contributed by atoms with van der Waals surface area (Å²) >= 11 is 0. The fourth-order valence-electron chi connectivity index (χ4n) is 3.97. The van der Waals surface area contributed by atoms with Gasteiger partial charge in [0.1, 0.15) is 0 Å². The molecule has 0 aromatic rings. The maximum Gasteiger partial charge on any atom is 0.0678 e. The van der Waals surface area contributed by atoms with E-state index in [0.29, 0.717) is 5.92 Å². The van der Waals surface area contributed by atoms with E-state index in [1.54, 1.807) is 0 Å². The minimum absolute atomic E-state index is 0.313. The molecule has 2 saturated carbocycles. The molecule has 5 atom stereocenters. The minimum atomic E-state index is -0.313. The monoisotopic (exact) mass is 224 g/mol. The maximum atomic E-state index is 10.9. The van der Waals surface area contributed by atoms with Crippen LogP contribution in [0.2, 0.25) is 0 Å². The molecule has 0 spiro atoms. The SMILES string of the molecule is CC1CCCC(O)(C2CCC(C)C(C)C2)C1. The van der Waals surface area contributed by atoms with E-state index >= 15 is 0 Å². The van der Waals surface area contributed by atoms with Crippen LogP contribution in [0.15, 0.2) is 0 Å². The Morgan fingerprint density at radius 2 is 1.75 bits per heavy atom. The first kappa shape index (κ1) is 12.4. The molecular formula is C15H28O. The normalized spacial score (nSPS) is 50.2. The van der Waals surface area contributed by atoms with Crippen LogP contribution < -0.4 is 0 Å². The Labute approximate surface area is 101 Å². The number of rotatable bonds is 1. The van der Waals surface area contributed by atoms with Gasteiger partial charge < -0.3 is 5.11 Å². The van der Waals surface area contributed by atoms with Gasteiger partial charge in [-0.05, 0) is 49.4 Å². The molecule has 16 heavy (non-hydrogen) atoms. The zero-order chi connectivity index (χ0) is 11.8. The van der Waals surface area contributed by atoms with Crippen LogP contribution in [0.25, 0.3) is 0 Å². The van der Waals surface area contributed by atoms with Crippen molar-refractivity contribution in [3.05, 3.63) is 0 Å². The van der Waals surface area contributed by atoms with Gasteiger partial charge >= 0.3 is 0 Å². The van der Waals surface area contributed by atoms with Gasteiger partial charge in [-0.15, -0.1) is 0 Å². The lowest BCUT2D eigenvalue weighted by atomic mass is 9.64. The average molecular weight is 224 g/mol. The second kappa shape index (κ2) is 4.68. The van der Waals surface area contributed by atoms with Gasteiger partial charge in [0.2, 0.25) is 0 Å². The average Bonchev–Trinajstić information content (AvgIpc) is 2.21. The van der Waals surface area contributed by atoms with Crippen molar-refractivity contribution >= 4 is 0 Å². The predicted octanol–water partition coefficient (Wildman–Crippen LogP) is 4.00. The molecule has 2 aliphatic carbocycles. The highest BCUT2D eigenvalue weighted by molar-refractivity contribution is 4.94. The van der Waals surface area contributed by atoms with Crippen molar-refractivity contribution in [2.45, 2.75) is 71.3 Å². The molecule has 0 amide bonds. The first-order valence-electron chi connectivity index (χ1n) is 7.23. The predicted molar refractivity (Wildman–Crippen MR) is 68.3 cm³/mol. The fraction of sp³-hybridized carbons (Fsp3) is 1.00. The van der Waals surface area contributed by atoms with Crippen LogP contribution in [0, 0.1) is 23.7 Å². The maximum absolute atomic E-state index is 10.9. The molecule has 1 N–H and O–H groups in total. The summed E-state index contributed by atoms with van der Waals surface area (Å²) in [6.45, 7) is 7.04. The van der Waals surface area contributed by atoms with Gasteiger partial charge in [0.05, 0.1) is 5.60 Å². The van der Waals surface area contributed by atoms with Crippen molar-refractivity contribution in [3.8, 4) is 0 Å². The van der Waals surface area contributed by atoms with Crippen molar-refractivity contribution < 1.29 is 5.11 Å². The van der Waals surface area contributed by atoms with E-state index in [2.05, 4.69) is 20.8 Å². The molecule has 0 aromatic heterocycles. The summed E-state index contributed by atoms with van der Waals surface area (Å²) in [5, 5.41) is 10.9. The lowest BCUT2D eigenvalue weighted by Gasteiger charge is -2.46. The Morgan fingerprint density at radius 1 is 1.00 bits per heavy atom. The van der Waals surface area contributed by atoms with Crippen LogP contribution in [0.1, 0.15) is 65.7 Å². The standard InChI is InChI=1S/C15H28O/c1-11-5-4-8-15(16,10-11)14-7-6-12(2)13(3)9-14/h11-14,16H,4-10H2,1-3H3. The molecule has 0 heterocycles. The summed E-state index contributed by atoms with van der Waals surface area (Å²) in [6.07, 6.45) is 8.50. The summed E-state index contributed by atoms with van der Waals surface area (Å²) in [7, 11) is 0. The Hall–Kier alpha value is -0.0400. The van der Waals surface area contributed by atoms with Crippen molar-refractivity contribution in [2.75, 3.05) is 0 Å². The third kappa shape index (κ3) is 2.45. The van der Waals surface area contributed by atoms with Gasteiger partial charge in [-0.2, -0.15) is 0 Å². The molecule has 0 aromatic carbocycles. The van der Waals surface area contributed by atoms with Crippen molar-refractivity contribution in [1.29, 1.82) is 0 Å². The van der Waals surface area contributed by atoms with Gasteiger partial charge in [0, 0.05) is 0 Å². The van der Waals surface area contributed by atoms with E-state index < -0.39 is 0 Å². The van der Waals surface area contributed by atoms with Crippen molar-refractivity contribution in [2.24, 2.45) is 23.7 Å². The molecule has 2 rings (SSSR count). The quantitative estimate of drug-likeness (QED) is 0.714. The van der Waals surface area contributed by atoms with E-state index in [0.717, 1.165) is 30.6 Å². The Kier molecular flexibility index (Phi) is 3.63. The first-order chi connectivity index (χ1) is 7.51. The van der Waals surface area contributed by atoms with Gasteiger partial charge in [-0.25, -0.2) is 0 Å². The third-order valence-electron chi connectivity index (χ3n) is 5.37. The third-order valence-corrected chi connectivity index (χ3v) is 5.37. The highest BCUT2D eigenvalue weighted by atomic mass is 16.3. The molecule has 1 nitrogen and oxygen atoms in total. The molecule has 0 aliphatic heterocycles. The number of aliphatic hydroxyl groups is 1. The van der Waals surface area contributed by atoms with E-state index in [1.165, 1.54) is 32.1 Å². The Bertz CT molecular complexity index is 238. The summed E-state index contributed by atoms with van der Waals surface area (Å²) in [4.78, 5) is 0. The highest BCUT2D eigenvalue weighted by Crippen LogP contribution is 2.45. The summed E-state index contributed by atoms with van der Waals surface area (Å²) in [5.41, 5.74) is -0.313. The molecular weight excluding hydrogens is 196 g/mol. The molecule has 5 unspecified atom stereocenters. The van der Waals surface area contributed by atoms with Crippen LogP contribution >= 0.6 is 0 Å². The van der Waals surface area contributed by atoms with Gasteiger partial charge in [0.15, 0.2) is 0 Å². The van der Waals surface area contributed by atoms with Gasteiger partial charge in [0.25, 0.3) is 0 Å². The Morgan fingerprint density at radius 3 is 2.38 bits per heavy atom. The molecule has 2 fully saturated rings. The topological polar surface area (TPSA) is 20.2 Å². The molecule has 0 saturated heterocycles. The van der Waals surface area contributed by atoms with E-state index in [9.17, 15) is 5.11 Å². The lowest BCUT2D eigenvalue weighted by Crippen LogP contribution is -2.44. The summed E-state index contributed by atoms with van der Waals surface area (Å²) in [6, 6.07) is 0. The van der Waals surface area contributed by atoms with Gasteiger partial charge in [-0.1, -0.05) is 40.0 Å². The number of hydrogen-bond donors (Lipinski definition) is 1. The van der Waals surface area contributed by atoms with Crippen LogP contribution in [0.3, 0.4) is 0 Å². The second-order valence-electron chi connectivity index (χ2n) is 6.77. The Balaban J connectivity index is 2.00. The molecule has 0 radical (unpaired) electrons. The van der Waals surface area contributed by atoms with Crippen LogP contribution in [0.4, 0.5) is 0 Å². The fourth-order valence-corrected chi connectivity index (χ4v) is 3.97. The van der Waals surface area contributed by atoms with Crippen LogP contribution in [-0.2, 0) is 0 Å². The zero-order valence-electron chi connectivity index (χ0n) is 11.2.